The van der Waals surface area contributed by atoms with Crippen molar-refractivity contribution in [3.63, 3.8) is 0 Å². The van der Waals surface area contributed by atoms with E-state index < -0.39 is 16.0 Å². The largest absolute Gasteiger partial charge is 0.462 e. The number of sulfonamides is 1. The second-order valence-corrected chi connectivity index (χ2v) is 9.38. The molecule has 0 aliphatic rings. The van der Waals surface area contributed by atoms with Crippen LogP contribution in [-0.4, -0.2) is 40.5 Å². The lowest BCUT2D eigenvalue weighted by Gasteiger charge is -2.11. The molecule has 0 aliphatic carbocycles. The Hall–Kier alpha value is -3.83. The van der Waals surface area contributed by atoms with E-state index in [1.807, 2.05) is 30.3 Å². The van der Waals surface area contributed by atoms with Gasteiger partial charge >= 0.3 is 5.97 Å². The van der Waals surface area contributed by atoms with Crippen molar-refractivity contribution in [1.29, 1.82) is 0 Å². The Morgan fingerprint density at radius 1 is 1.12 bits per heavy atom. The van der Waals surface area contributed by atoms with Crippen molar-refractivity contribution in [2.24, 2.45) is 0 Å². The van der Waals surface area contributed by atoms with Crippen LogP contribution in [0.4, 0.5) is 5.82 Å². The fourth-order valence-electron chi connectivity index (χ4n) is 3.41. The lowest BCUT2D eigenvalue weighted by atomic mass is 10.1. The van der Waals surface area contributed by atoms with Gasteiger partial charge in [0.1, 0.15) is 11.8 Å². The van der Waals surface area contributed by atoms with Crippen LogP contribution in [0.2, 0.25) is 0 Å². The summed E-state index contributed by atoms with van der Waals surface area (Å²) in [6.45, 7) is 2.48. The lowest BCUT2D eigenvalue weighted by molar-refractivity contribution is 0.0496. The van der Waals surface area contributed by atoms with E-state index in [1.54, 1.807) is 30.0 Å². The molecule has 0 saturated heterocycles. The summed E-state index contributed by atoms with van der Waals surface area (Å²) < 4.78 is 35.4. The number of aromatic nitrogens is 4. The van der Waals surface area contributed by atoms with Gasteiger partial charge in [0.25, 0.3) is 0 Å². The Morgan fingerprint density at radius 3 is 2.71 bits per heavy atom. The molecule has 3 N–H and O–H groups in total. The Kier molecular flexibility index (Phi) is 6.85. The summed E-state index contributed by atoms with van der Waals surface area (Å²) in [5.41, 5.74) is 8.45. The standard InChI is InChI=1S/C23H24N6O4S/c1-16-8-9-18(12-19(16)34(31,32)28-13-17-6-3-2-4-7-17)23(30)33-11-5-10-29-15-27-20-21(24)25-14-26-22(20)29/h2-4,6-9,12,14-15,28H,5,10-11,13H2,1H3,(H2,24,25,26). The van der Waals surface area contributed by atoms with Crippen molar-refractivity contribution < 1.29 is 17.9 Å². The smallest absolute Gasteiger partial charge is 0.338 e. The second-order valence-electron chi connectivity index (χ2n) is 7.65. The van der Waals surface area contributed by atoms with Gasteiger partial charge in [-0.05, 0) is 36.6 Å². The number of nitrogens with zero attached hydrogens (tertiary/aromatic N) is 4. The van der Waals surface area contributed by atoms with Gasteiger partial charge in [-0.25, -0.2) is 32.9 Å². The van der Waals surface area contributed by atoms with Gasteiger partial charge in [0.15, 0.2) is 11.5 Å². The summed E-state index contributed by atoms with van der Waals surface area (Å²) in [4.78, 5) is 24.9. The molecule has 0 atom stereocenters. The molecule has 2 heterocycles. The Bertz CT molecular complexity index is 1420. The summed E-state index contributed by atoms with van der Waals surface area (Å²) in [7, 11) is -3.81. The maximum atomic E-state index is 12.8. The fraction of sp³-hybridized carbons (Fsp3) is 0.217. The number of nitrogen functional groups attached to an aromatic ring is 1. The number of anilines is 1. The van der Waals surface area contributed by atoms with Crippen molar-refractivity contribution in [3.8, 4) is 0 Å². The number of benzene rings is 2. The van der Waals surface area contributed by atoms with Crippen molar-refractivity contribution in [2.75, 3.05) is 12.3 Å². The van der Waals surface area contributed by atoms with Gasteiger partial charge in [-0.1, -0.05) is 36.4 Å². The molecule has 2 aromatic carbocycles. The molecule has 176 valence electrons. The maximum absolute atomic E-state index is 12.8. The molecule has 0 saturated carbocycles. The minimum absolute atomic E-state index is 0.0417. The highest BCUT2D eigenvalue weighted by atomic mass is 32.2. The number of ether oxygens (including phenoxy) is 1. The number of nitrogens with two attached hydrogens (primary N) is 1. The number of carbonyl (C=O) groups is 1. The third-order valence-corrected chi connectivity index (χ3v) is 6.77. The summed E-state index contributed by atoms with van der Waals surface area (Å²) in [5, 5.41) is 0. The highest BCUT2D eigenvalue weighted by molar-refractivity contribution is 7.89. The molecule has 4 rings (SSSR count). The minimum atomic E-state index is -3.81. The van der Waals surface area contributed by atoms with Gasteiger partial charge in [0.2, 0.25) is 10.0 Å². The Morgan fingerprint density at radius 2 is 1.91 bits per heavy atom. The second kappa shape index (κ2) is 9.98. The Balaban J connectivity index is 1.36. The van der Waals surface area contributed by atoms with Gasteiger partial charge in [-0.3, -0.25) is 0 Å². The lowest BCUT2D eigenvalue weighted by Crippen LogP contribution is -2.24. The number of esters is 1. The van der Waals surface area contributed by atoms with Gasteiger partial charge in [-0.15, -0.1) is 0 Å². The van der Waals surface area contributed by atoms with E-state index in [0.29, 0.717) is 35.5 Å². The van der Waals surface area contributed by atoms with E-state index in [4.69, 9.17) is 10.5 Å². The first-order chi connectivity index (χ1) is 16.3. The molecule has 0 fully saturated rings. The molecule has 0 unspecified atom stereocenters. The zero-order chi connectivity index (χ0) is 24.1. The molecule has 0 radical (unpaired) electrons. The van der Waals surface area contributed by atoms with Crippen LogP contribution < -0.4 is 10.5 Å². The molecule has 0 spiro atoms. The third-order valence-electron chi connectivity index (χ3n) is 5.23. The van der Waals surface area contributed by atoms with Crippen molar-refractivity contribution >= 4 is 33.0 Å². The molecule has 11 heteroatoms. The van der Waals surface area contributed by atoms with E-state index in [2.05, 4.69) is 19.7 Å². The van der Waals surface area contributed by atoms with Crippen LogP contribution in [0, 0.1) is 6.92 Å². The predicted molar refractivity (Wildman–Crippen MR) is 126 cm³/mol. The zero-order valence-corrected chi connectivity index (χ0v) is 19.3. The first-order valence-corrected chi connectivity index (χ1v) is 12.1. The van der Waals surface area contributed by atoms with E-state index >= 15 is 0 Å². The molecular weight excluding hydrogens is 456 g/mol. The van der Waals surface area contributed by atoms with E-state index in [9.17, 15) is 13.2 Å². The van der Waals surface area contributed by atoms with Crippen LogP contribution in [0.1, 0.15) is 27.9 Å². The van der Waals surface area contributed by atoms with Crippen LogP contribution in [0.15, 0.2) is 66.1 Å². The highest BCUT2D eigenvalue weighted by Gasteiger charge is 2.19. The maximum Gasteiger partial charge on any atom is 0.338 e. The van der Waals surface area contributed by atoms with Crippen LogP contribution in [-0.2, 0) is 27.8 Å². The number of hydrogen-bond acceptors (Lipinski definition) is 8. The van der Waals surface area contributed by atoms with E-state index in [1.165, 1.54) is 12.4 Å². The third kappa shape index (κ3) is 5.21. The number of hydrogen-bond donors (Lipinski definition) is 2. The average molecular weight is 481 g/mol. The Labute approximate surface area is 196 Å². The summed E-state index contributed by atoms with van der Waals surface area (Å²) in [6, 6.07) is 13.7. The molecular formula is C23H24N6O4S. The molecule has 10 nitrogen and oxygen atoms in total. The molecule has 0 bridgehead atoms. The predicted octanol–water partition coefficient (Wildman–Crippen LogP) is 2.44. The van der Waals surface area contributed by atoms with Gasteiger partial charge < -0.3 is 15.0 Å². The average Bonchev–Trinajstić information content (AvgIpc) is 3.25. The fourth-order valence-corrected chi connectivity index (χ4v) is 4.70. The summed E-state index contributed by atoms with van der Waals surface area (Å²) in [5.74, 6) is -0.292. The summed E-state index contributed by atoms with van der Waals surface area (Å²) in [6.07, 6.45) is 3.49. The topological polar surface area (TPSA) is 142 Å². The monoisotopic (exact) mass is 480 g/mol. The van der Waals surface area contributed by atoms with Crippen LogP contribution in [0.25, 0.3) is 11.2 Å². The molecule has 2 aromatic heterocycles. The number of aryl methyl sites for hydroxylation is 2. The quantitative estimate of drug-likeness (QED) is 0.275. The number of rotatable bonds is 9. The molecule has 4 aromatic rings. The van der Waals surface area contributed by atoms with Gasteiger partial charge in [0, 0.05) is 13.1 Å². The van der Waals surface area contributed by atoms with E-state index in [-0.39, 0.29) is 23.6 Å². The number of imidazole rings is 1. The van der Waals surface area contributed by atoms with Crippen LogP contribution in [0.3, 0.4) is 0 Å². The van der Waals surface area contributed by atoms with Crippen molar-refractivity contribution in [3.05, 3.63) is 77.9 Å². The SMILES string of the molecule is Cc1ccc(C(=O)OCCCn2cnc3c(N)ncnc32)cc1S(=O)(=O)NCc1ccccc1. The number of fused-ring (bicyclic) bond motifs is 1. The molecule has 0 amide bonds. The van der Waals surface area contributed by atoms with Crippen molar-refractivity contribution in [2.45, 2.75) is 31.3 Å². The zero-order valence-electron chi connectivity index (χ0n) is 18.5. The number of carbonyl (C=O) groups excluding carboxylic acids is 1. The van der Waals surface area contributed by atoms with Crippen LogP contribution >= 0.6 is 0 Å². The number of nitrogens with one attached hydrogen (secondary N) is 1. The highest BCUT2D eigenvalue weighted by Crippen LogP contribution is 2.19. The van der Waals surface area contributed by atoms with Gasteiger partial charge in [-0.2, -0.15) is 0 Å². The van der Waals surface area contributed by atoms with Crippen LogP contribution in [0.5, 0.6) is 0 Å². The normalized spacial score (nSPS) is 11.6. The first-order valence-electron chi connectivity index (χ1n) is 10.6. The van der Waals surface area contributed by atoms with Gasteiger partial charge in [0.05, 0.1) is 23.4 Å². The molecule has 34 heavy (non-hydrogen) atoms. The minimum Gasteiger partial charge on any atom is -0.462 e. The van der Waals surface area contributed by atoms with E-state index in [0.717, 1.165) is 5.56 Å². The van der Waals surface area contributed by atoms with Crippen molar-refractivity contribution in [1.82, 2.24) is 24.2 Å². The molecule has 0 aliphatic heterocycles. The first kappa shape index (κ1) is 23.3. The summed E-state index contributed by atoms with van der Waals surface area (Å²) >= 11 is 0.